The third-order valence-corrected chi connectivity index (χ3v) is 6.29. The third-order valence-electron chi connectivity index (χ3n) is 5.27. The number of hydrogen-bond donors (Lipinski definition) is 2. The second kappa shape index (κ2) is 7.27. The molecule has 0 atom stereocenters. The number of aromatic nitrogens is 2. The number of thiophene rings is 1. The van der Waals surface area contributed by atoms with Crippen molar-refractivity contribution in [2.75, 3.05) is 16.8 Å². The number of H-pyrrole nitrogens is 1. The Bertz CT molecular complexity index is 1260. The second-order valence-electron chi connectivity index (χ2n) is 7.10. The molecular formula is C21H17N5O3S. The lowest BCUT2D eigenvalue weighted by atomic mass is 10.1. The highest BCUT2D eigenvalue weighted by Crippen LogP contribution is 2.29. The Hall–Kier alpha value is -3.72. The van der Waals surface area contributed by atoms with Gasteiger partial charge in [0.15, 0.2) is 5.69 Å². The van der Waals surface area contributed by atoms with Crippen molar-refractivity contribution in [3.8, 4) is 0 Å². The number of non-ortho nitro benzene ring substituents is 1. The van der Waals surface area contributed by atoms with E-state index in [1.165, 1.54) is 22.6 Å². The van der Waals surface area contributed by atoms with E-state index in [-0.39, 0.29) is 11.4 Å². The number of nitro benzene ring substituents is 1. The van der Waals surface area contributed by atoms with E-state index in [1.807, 2.05) is 35.6 Å². The molecule has 0 radical (unpaired) electrons. The Kier molecular flexibility index (Phi) is 4.44. The topological polar surface area (TPSA) is 104 Å². The molecule has 0 fully saturated rings. The van der Waals surface area contributed by atoms with Gasteiger partial charge in [0.2, 0.25) is 0 Å². The number of nitrogens with one attached hydrogen (secondary N) is 2. The average Bonchev–Trinajstić information content (AvgIpc) is 3.40. The van der Waals surface area contributed by atoms with Gasteiger partial charge in [0.1, 0.15) is 0 Å². The normalized spacial score (nSPS) is 13.3. The molecule has 0 aliphatic carbocycles. The van der Waals surface area contributed by atoms with Crippen molar-refractivity contribution in [1.82, 2.24) is 10.2 Å². The van der Waals surface area contributed by atoms with Gasteiger partial charge in [-0.2, -0.15) is 5.10 Å². The van der Waals surface area contributed by atoms with Crippen LogP contribution in [0, 0.1) is 10.1 Å². The predicted octanol–water partition coefficient (Wildman–Crippen LogP) is 4.35. The largest absolute Gasteiger partial charge is 0.367 e. The zero-order valence-corrected chi connectivity index (χ0v) is 16.6. The van der Waals surface area contributed by atoms with Crippen LogP contribution < -0.4 is 10.2 Å². The predicted molar refractivity (Wildman–Crippen MR) is 116 cm³/mol. The fraction of sp³-hybridized carbons (Fsp3) is 0.143. The zero-order chi connectivity index (χ0) is 20.7. The van der Waals surface area contributed by atoms with E-state index in [4.69, 9.17) is 0 Å². The van der Waals surface area contributed by atoms with Gasteiger partial charge in [-0.05, 0) is 53.8 Å². The summed E-state index contributed by atoms with van der Waals surface area (Å²) < 4.78 is 0. The molecule has 0 saturated heterocycles. The molecule has 2 aromatic heterocycles. The quantitative estimate of drug-likeness (QED) is 0.378. The van der Waals surface area contributed by atoms with Gasteiger partial charge in [-0.15, -0.1) is 11.3 Å². The second-order valence-corrected chi connectivity index (χ2v) is 8.10. The molecule has 0 saturated carbocycles. The summed E-state index contributed by atoms with van der Waals surface area (Å²) in [5.74, 6) is -0.421. The molecule has 4 aromatic rings. The number of aromatic amines is 1. The Morgan fingerprint density at radius 3 is 2.83 bits per heavy atom. The number of nitro groups is 1. The van der Waals surface area contributed by atoms with Crippen LogP contribution in [0.4, 0.5) is 17.1 Å². The molecule has 8 nitrogen and oxygen atoms in total. The van der Waals surface area contributed by atoms with Gasteiger partial charge >= 0.3 is 0 Å². The van der Waals surface area contributed by atoms with Crippen molar-refractivity contribution in [3.05, 3.63) is 80.2 Å². The van der Waals surface area contributed by atoms with Gasteiger partial charge in [-0.1, -0.05) is 0 Å². The number of anilines is 2. The Balaban J connectivity index is 1.33. The minimum Gasteiger partial charge on any atom is -0.367 e. The van der Waals surface area contributed by atoms with Crippen molar-refractivity contribution in [2.45, 2.75) is 13.0 Å². The number of hydrogen-bond acceptors (Lipinski definition) is 6. The summed E-state index contributed by atoms with van der Waals surface area (Å²) in [4.78, 5) is 27.0. The summed E-state index contributed by atoms with van der Waals surface area (Å²) >= 11 is 1.81. The fourth-order valence-electron chi connectivity index (χ4n) is 3.70. The molecular weight excluding hydrogens is 402 g/mol. The van der Waals surface area contributed by atoms with Crippen LogP contribution in [0.2, 0.25) is 0 Å². The first-order valence-electron chi connectivity index (χ1n) is 9.42. The van der Waals surface area contributed by atoms with Crippen LogP contribution >= 0.6 is 11.3 Å². The van der Waals surface area contributed by atoms with Gasteiger partial charge in [-0.3, -0.25) is 20.0 Å². The van der Waals surface area contributed by atoms with Crippen LogP contribution in [-0.4, -0.2) is 27.6 Å². The molecule has 9 heteroatoms. The minimum absolute atomic E-state index is 0.0855. The van der Waals surface area contributed by atoms with Crippen LogP contribution in [0.15, 0.2) is 53.9 Å². The zero-order valence-electron chi connectivity index (χ0n) is 15.8. The lowest BCUT2D eigenvalue weighted by Crippen LogP contribution is -2.29. The van der Waals surface area contributed by atoms with Gasteiger partial charge in [0.25, 0.3) is 11.6 Å². The lowest BCUT2D eigenvalue weighted by molar-refractivity contribution is -0.384. The minimum atomic E-state index is -0.494. The van der Waals surface area contributed by atoms with Crippen molar-refractivity contribution in [1.29, 1.82) is 0 Å². The molecule has 1 aliphatic rings. The van der Waals surface area contributed by atoms with Crippen molar-refractivity contribution < 1.29 is 9.72 Å². The number of nitrogens with zero attached hydrogens (tertiary/aromatic N) is 3. The molecule has 2 N–H and O–H groups in total. The maximum Gasteiger partial charge on any atom is 0.276 e. The molecule has 1 amide bonds. The van der Waals surface area contributed by atoms with Gasteiger partial charge in [0, 0.05) is 46.9 Å². The van der Waals surface area contributed by atoms with Crippen LogP contribution in [0.25, 0.3) is 10.9 Å². The molecule has 30 heavy (non-hydrogen) atoms. The van der Waals surface area contributed by atoms with Crippen LogP contribution in [0.5, 0.6) is 0 Å². The average molecular weight is 419 g/mol. The molecule has 0 spiro atoms. The van der Waals surface area contributed by atoms with E-state index in [9.17, 15) is 14.9 Å². The smallest absolute Gasteiger partial charge is 0.276 e. The monoisotopic (exact) mass is 419 g/mol. The first-order chi connectivity index (χ1) is 14.6. The first kappa shape index (κ1) is 18.3. The van der Waals surface area contributed by atoms with Crippen LogP contribution in [0.1, 0.15) is 20.9 Å². The van der Waals surface area contributed by atoms with Gasteiger partial charge < -0.3 is 10.2 Å². The highest BCUT2D eigenvalue weighted by atomic mass is 32.1. The molecule has 5 rings (SSSR count). The Labute approximate surface area is 175 Å². The van der Waals surface area contributed by atoms with Crippen LogP contribution in [-0.2, 0) is 13.0 Å². The number of carbonyl (C=O) groups excluding carboxylic acids is 1. The molecule has 1 aliphatic heterocycles. The fourth-order valence-corrected chi connectivity index (χ4v) is 4.59. The first-order valence-corrected chi connectivity index (χ1v) is 10.3. The van der Waals surface area contributed by atoms with E-state index in [0.717, 1.165) is 25.2 Å². The van der Waals surface area contributed by atoms with Crippen molar-refractivity contribution in [3.63, 3.8) is 0 Å². The summed E-state index contributed by atoms with van der Waals surface area (Å²) in [6.07, 6.45) is 1.05. The maximum absolute atomic E-state index is 12.7. The number of benzene rings is 2. The molecule has 3 heterocycles. The van der Waals surface area contributed by atoms with Crippen molar-refractivity contribution >= 4 is 45.2 Å². The number of carbonyl (C=O) groups is 1. The molecule has 0 bridgehead atoms. The summed E-state index contributed by atoms with van der Waals surface area (Å²) in [7, 11) is 0. The summed E-state index contributed by atoms with van der Waals surface area (Å²) in [5, 5.41) is 23.2. The lowest BCUT2D eigenvalue weighted by Gasteiger charge is -2.29. The SMILES string of the molecule is O=C(Nc1ccc(N2CCc3sccc3C2)cc1)c1n[nH]c2ccc([N+](=O)[O-])cc12. The Morgan fingerprint density at radius 1 is 1.20 bits per heavy atom. The van der Waals surface area contributed by atoms with E-state index in [1.54, 1.807) is 6.07 Å². The third kappa shape index (κ3) is 3.29. The number of rotatable bonds is 4. The highest BCUT2D eigenvalue weighted by Gasteiger charge is 2.19. The summed E-state index contributed by atoms with van der Waals surface area (Å²) in [6, 6.07) is 14.1. The van der Waals surface area contributed by atoms with Gasteiger partial charge in [0.05, 0.1) is 10.4 Å². The molecule has 150 valence electrons. The van der Waals surface area contributed by atoms with E-state index < -0.39 is 10.8 Å². The van der Waals surface area contributed by atoms with E-state index >= 15 is 0 Å². The van der Waals surface area contributed by atoms with E-state index in [0.29, 0.717) is 16.6 Å². The van der Waals surface area contributed by atoms with Crippen molar-refractivity contribution in [2.24, 2.45) is 0 Å². The summed E-state index contributed by atoms with van der Waals surface area (Å²) in [5.41, 5.74) is 3.72. The van der Waals surface area contributed by atoms with E-state index in [2.05, 4.69) is 31.9 Å². The Morgan fingerprint density at radius 2 is 2.03 bits per heavy atom. The number of fused-ring (bicyclic) bond motifs is 2. The summed E-state index contributed by atoms with van der Waals surface area (Å²) in [6.45, 7) is 1.86. The standard InChI is InChI=1S/C21H17N5O3S/c27-21(20-17-11-16(26(28)29)5-6-18(17)23-24-20)22-14-1-3-15(4-2-14)25-9-7-19-13(12-25)8-10-30-19/h1-6,8,10-11H,7,9,12H2,(H,22,27)(H,23,24). The van der Waals surface area contributed by atoms with Gasteiger partial charge in [-0.25, -0.2) is 0 Å². The molecule has 0 unspecified atom stereocenters. The number of amides is 1. The maximum atomic E-state index is 12.7. The highest BCUT2D eigenvalue weighted by molar-refractivity contribution is 7.10. The van der Waals surface area contributed by atoms with Crippen LogP contribution in [0.3, 0.4) is 0 Å². The molecule has 2 aromatic carbocycles.